The minimum atomic E-state index is -0.329. The number of Topliss-reactive ketones (excluding diaryl/α,β-unsaturated/α-hetero) is 1. The van der Waals surface area contributed by atoms with Crippen molar-refractivity contribution < 1.29 is 19.1 Å². The van der Waals surface area contributed by atoms with Gasteiger partial charge in [-0.25, -0.2) is 0 Å². The molecule has 3 aliphatic rings. The number of fused-ring (bicyclic) bond motifs is 3. The van der Waals surface area contributed by atoms with Gasteiger partial charge in [0, 0.05) is 58.8 Å². The van der Waals surface area contributed by atoms with Crippen molar-refractivity contribution in [2.75, 3.05) is 75.4 Å². The summed E-state index contributed by atoms with van der Waals surface area (Å²) in [6.07, 6.45) is 0.326. The fourth-order valence-electron chi connectivity index (χ4n) is 5.20. The first-order chi connectivity index (χ1) is 18.7. The van der Waals surface area contributed by atoms with Crippen molar-refractivity contribution in [3.63, 3.8) is 0 Å². The molecule has 9 heteroatoms. The van der Waals surface area contributed by atoms with Crippen LogP contribution in [-0.4, -0.2) is 82.2 Å². The molecule has 3 heterocycles. The summed E-state index contributed by atoms with van der Waals surface area (Å²) in [6, 6.07) is 15.8. The van der Waals surface area contributed by atoms with Gasteiger partial charge in [0.1, 0.15) is 23.8 Å². The Hall–Kier alpha value is -3.40. The van der Waals surface area contributed by atoms with Crippen molar-refractivity contribution in [2.24, 2.45) is 0 Å². The average Bonchev–Trinajstić information content (AvgIpc) is 3.28. The molecule has 0 aliphatic carbocycles. The van der Waals surface area contributed by atoms with Gasteiger partial charge in [0.25, 0.3) is 5.91 Å². The molecular formula is C29H37N5O4. The van der Waals surface area contributed by atoms with E-state index in [0.29, 0.717) is 38.5 Å². The van der Waals surface area contributed by atoms with Crippen LogP contribution in [0.2, 0.25) is 0 Å². The SMILES string of the molecule is CCN1C2=C(C(=O)NCc3ccc(OCCNCCN4CCOCC4)cc3)C(=O)CCN2c2ccccc21. The van der Waals surface area contributed by atoms with E-state index >= 15 is 0 Å². The zero-order chi connectivity index (χ0) is 26.3. The summed E-state index contributed by atoms with van der Waals surface area (Å²) < 4.78 is 11.2. The second-order valence-electron chi connectivity index (χ2n) is 9.64. The Morgan fingerprint density at radius 2 is 1.76 bits per heavy atom. The second kappa shape index (κ2) is 12.4. The summed E-state index contributed by atoms with van der Waals surface area (Å²) in [5.41, 5.74) is 3.27. The number of hydrogen-bond acceptors (Lipinski definition) is 8. The van der Waals surface area contributed by atoms with Crippen LogP contribution in [0.5, 0.6) is 5.75 Å². The Morgan fingerprint density at radius 1 is 1.00 bits per heavy atom. The highest BCUT2D eigenvalue weighted by Gasteiger charge is 2.40. The van der Waals surface area contributed by atoms with E-state index in [-0.39, 0.29) is 17.3 Å². The van der Waals surface area contributed by atoms with Gasteiger partial charge < -0.3 is 29.9 Å². The molecule has 1 amide bonds. The number of nitrogens with zero attached hydrogens (tertiary/aromatic N) is 3. The highest BCUT2D eigenvalue weighted by Crippen LogP contribution is 2.44. The van der Waals surface area contributed by atoms with Crippen molar-refractivity contribution in [1.29, 1.82) is 0 Å². The number of carbonyl (C=O) groups is 2. The Bertz CT molecular complexity index is 1140. The maximum Gasteiger partial charge on any atom is 0.258 e. The Morgan fingerprint density at radius 3 is 2.53 bits per heavy atom. The first-order valence-corrected chi connectivity index (χ1v) is 13.6. The molecule has 2 N–H and O–H groups in total. The summed E-state index contributed by atoms with van der Waals surface area (Å²) >= 11 is 0. The van der Waals surface area contributed by atoms with Crippen LogP contribution in [0.1, 0.15) is 18.9 Å². The molecule has 0 spiro atoms. The second-order valence-corrected chi connectivity index (χ2v) is 9.64. The van der Waals surface area contributed by atoms with Crippen LogP contribution in [0.25, 0.3) is 0 Å². The van der Waals surface area contributed by atoms with Crippen LogP contribution in [0.3, 0.4) is 0 Å². The Labute approximate surface area is 224 Å². The fraction of sp³-hybridized carbons (Fsp3) is 0.448. The number of carbonyl (C=O) groups excluding carboxylic acids is 2. The van der Waals surface area contributed by atoms with Gasteiger partial charge in [-0.2, -0.15) is 0 Å². The largest absolute Gasteiger partial charge is 0.492 e. The molecule has 9 nitrogen and oxygen atoms in total. The van der Waals surface area contributed by atoms with Gasteiger partial charge in [0.05, 0.1) is 24.6 Å². The van der Waals surface area contributed by atoms with Crippen LogP contribution >= 0.6 is 0 Å². The number of morpholine rings is 1. The highest BCUT2D eigenvalue weighted by atomic mass is 16.5. The van der Waals surface area contributed by atoms with E-state index in [4.69, 9.17) is 9.47 Å². The third-order valence-electron chi connectivity index (χ3n) is 7.22. The van der Waals surface area contributed by atoms with Crippen LogP contribution in [0.15, 0.2) is 59.9 Å². The Kier molecular flexibility index (Phi) is 8.58. The lowest BCUT2D eigenvalue weighted by Crippen LogP contribution is -2.42. The van der Waals surface area contributed by atoms with Gasteiger partial charge in [-0.3, -0.25) is 14.5 Å². The zero-order valence-corrected chi connectivity index (χ0v) is 22.1. The van der Waals surface area contributed by atoms with E-state index < -0.39 is 0 Å². The number of hydrogen-bond donors (Lipinski definition) is 2. The molecule has 202 valence electrons. The molecule has 1 fully saturated rings. The smallest absolute Gasteiger partial charge is 0.258 e. The van der Waals surface area contributed by atoms with Crippen molar-refractivity contribution in [3.8, 4) is 5.75 Å². The molecule has 2 aromatic carbocycles. The number of rotatable bonds is 11. The summed E-state index contributed by atoms with van der Waals surface area (Å²) in [5.74, 6) is 1.05. The van der Waals surface area contributed by atoms with Gasteiger partial charge >= 0.3 is 0 Å². The Balaban J connectivity index is 1.11. The lowest BCUT2D eigenvalue weighted by molar-refractivity contribution is -0.123. The number of nitrogens with one attached hydrogen (secondary N) is 2. The van der Waals surface area contributed by atoms with E-state index in [1.807, 2.05) is 55.5 Å². The minimum absolute atomic E-state index is 0.109. The molecule has 0 aromatic heterocycles. The molecule has 0 bridgehead atoms. The van der Waals surface area contributed by atoms with Gasteiger partial charge in [0.15, 0.2) is 5.78 Å². The zero-order valence-electron chi connectivity index (χ0n) is 22.1. The number of amides is 1. The maximum atomic E-state index is 13.2. The topological polar surface area (TPSA) is 86.4 Å². The van der Waals surface area contributed by atoms with Crippen LogP contribution in [0.4, 0.5) is 11.4 Å². The van der Waals surface area contributed by atoms with Crippen molar-refractivity contribution in [1.82, 2.24) is 15.5 Å². The normalized spacial score (nSPS) is 17.4. The fourth-order valence-corrected chi connectivity index (χ4v) is 5.20. The standard InChI is InChI=1S/C29H37N5O4/c1-2-33-24-5-3-4-6-25(24)34-14-11-26(35)27(29(33)34)28(36)31-21-22-7-9-23(10-8-22)38-18-13-30-12-15-32-16-19-37-20-17-32/h3-10,30H,2,11-21H2,1H3,(H,31,36). The van der Waals surface area contributed by atoms with E-state index in [2.05, 4.69) is 25.3 Å². The number of ketones is 1. The van der Waals surface area contributed by atoms with Crippen LogP contribution < -0.4 is 25.2 Å². The summed E-state index contributed by atoms with van der Waals surface area (Å²) in [4.78, 5) is 32.7. The summed E-state index contributed by atoms with van der Waals surface area (Å²) in [5, 5.41) is 6.38. The number of ether oxygens (including phenoxy) is 2. The molecule has 0 radical (unpaired) electrons. The molecule has 0 saturated carbocycles. The van der Waals surface area contributed by atoms with E-state index in [9.17, 15) is 9.59 Å². The summed E-state index contributed by atoms with van der Waals surface area (Å²) in [6.45, 7) is 10.6. The number of anilines is 2. The van der Waals surface area contributed by atoms with Crippen molar-refractivity contribution >= 4 is 23.1 Å². The first kappa shape index (κ1) is 26.2. The first-order valence-electron chi connectivity index (χ1n) is 13.6. The third-order valence-corrected chi connectivity index (χ3v) is 7.22. The molecule has 0 atom stereocenters. The average molecular weight is 520 g/mol. The molecule has 5 rings (SSSR count). The maximum absolute atomic E-state index is 13.2. The van der Waals surface area contributed by atoms with Gasteiger partial charge in [-0.15, -0.1) is 0 Å². The van der Waals surface area contributed by atoms with Gasteiger partial charge in [-0.1, -0.05) is 24.3 Å². The predicted octanol–water partition coefficient (Wildman–Crippen LogP) is 2.13. The molecule has 1 saturated heterocycles. The molecule has 2 aromatic rings. The van der Waals surface area contributed by atoms with Gasteiger partial charge in [0.2, 0.25) is 0 Å². The highest BCUT2D eigenvalue weighted by molar-refractivity contribution is 6.22. The van der Waals surface area contributed by atoms with Crippen molar-refractivity contribution in [3.05, 3.63) is 65.5 Å². The number of para-hydroxylation sites is 2. The van der Waals surface area contributed by atoms with Crippen molar-refractivity contribution in [2.45, 2.75) is 19.9 Å². The number of benzene rings is 2. The van der Waals surface area contributed by atoms with E-state index in [0.717, 1.165) is 68.6 Å². The molecule has 0 unspecified atom stereocenters. The van der Waals surface area contributed by atoms with Crippen LogP contribution in [0, 0.1) is 0 Å². The van der Waals surface area contributed by atoms with Gasteiger partial charge in [-0.05, 0) is 36.8 Å². The third kappa shape index (κ3) is 5.85. The molecular weight excluding hydrogens is 482 g/mol. The van der Waals surface area contributed by atoms with Crippen LogP contribution in [-0.2, 0) is 20.9 Å². The predicted molar refractivity (Wildman–Crippen MR) is 147 cm³/mol. The quantitative estimate of drug-likeness (QED) is 0.345. The summed E-state index contributed by atoms with van der Waals surface area (Å²) in [7, 11) is 0. The lowest BCUT2D eigenvalue weighted by atomic mass is 10.0. The monoisotopic (exact) mass is 519 g/mol. The van der Waals surface area contributed by atoms with E-state index in [1.165, 1.54) is 0 Å². The molecule has 3 aliphatic heterocycles. The lowest BCUT2D eigenvalue weighted by Gasteiger charge is -2.30. The minimum Gasteiger partial charge on any atom is -0.492 e. The van der Waals surface area contributed by atoms with E-state index in [1.54, 1.807) is 0 Å². The molecule has 38 heavy (non-hydrogen) atoms.